The van der Waals surface area contributed by atoms with Crippen molar-refractivity contribution in [3.8, 4) is 0 Å². The summed E-state index contributed by atoms with van der Waals surface area (Å²) in [4.78, 5) is 2.20. The summed E-state index contributed by atoms with van der Waals surface area (Å²) in [6, 6.07) is 0. The first-order chi connectivity index (χ1) is 5.27. The molecule has 0 aromatic heterocycles. The lowest BCUT2D eigenvalue weighted by Gasteiger charge is -2.08. The summed E-state index contributed by atoms with van der Waals surface area (Å²) in [5, 5.41) is 5.09. The van der Waals surface area contributed by atoms with E-state index in [9.17, 15) is 0 Å². The Morgan fingerprint density at radius 2 is 2.09 bits per heavy atom. The van der Waals surface area contributed by atoms with Crippen LogP contribution in [0.25, 0.3) is 0 Å². The summed E-state index contributed by atoms with van der Waals surface area (Å²) in [5.74, 6) is 0. The first-order valence-electron chi connectivity index (χ1n) is 4.06. The van der Waals surface area contributed by atoms with Gasteiger partial charge in [-0.3, -0.25) is 0 Å². The van der Waals surface area contributed by atoms with Crippen LogP contribution < -0.4 is 5.32 Å². The van der Waals surface area contributed by atoms with Gasteiger partial charge >= 0.3 is 0 Å². The molecular weight excluding hydrogens is 156 g/mol. The minimum Gasteiger partial charge on any atom is -0.316 e. The molecule has 0 bridgehead atoms. The molecule has 0 radical (unpaired) electrons. The third-order valence-electron chi connectivity index (χ3n) is 1.40. The van der Waals surface area contributed by atoms with Crippen molar-refractivity contribution in [2.45, 2.75) is 12.8 Å². The van der Waals surface area contributed by atoms with Gasteiger partial charge in [-0.15, -0.1) is 0 Å². The third-order valence-corrected chi connectivity index (χ3v) is 1.63. The van der Waals surface area contributed by atoms with Gasteiger partial charge in [-0.1, -0.05) is 12.2 Å². The lowest BCUT2D eigenvalue weighted by atomic mass is 10.4. The molecule has 0 rings (SSSR count). The van der Waals surface area contributed by atoms with Crippen molar-refractivity contribution < 1.29 is 0 Å². The van der Waals surface area contributed by atoms with Gasteiger partial charge in [-0.05, 0) is 51.9 Å². The van der Waals surface area contributed by atoms with E-state index in [0.717, 1.165) is 26.1 Å². The highest BCUT2D eigenvalue weighted by atomic mass is 32.1. The number of thiocarbonyl (C=S) groups is 1. The highest BCUT2D eigenvalue weighted by Gasteiger charge is 1.89. The molecule has 0 saturated heterocycles. The fourth-order valence-corrected chi connectivity index (χ4v) is 0.924. The maximum atomic E-state index is 4.70. The second-order valence-electron chi connectivity index (χ2n) is 2.86. The predicted molar refractivity (Wildman–Crippen MR) is 54.3 cm³/mol. The molecule has 0 heterocycles. The lowest BCUT2D eigenvalue weighted by molar-refractivity contribution is 0.395. The van der Waals surface area contributed by atoms with Crippen molar-refractivity contribution in [3.05, 3.63) is 0 Å². The monoisotopic (exact) mass is 174 g/mol. The standard InChI is InChI=1S/C8H18N2S/c1-10(2)7-3-5-9-6-4-8-11/h8-9H,3-7H2,1-2H3. The van der Waals surface area contributed by atoms with Crippen LogP contribution in [-0.2, 0) is 0 Å². The fraction of sp³-hybridized carbons (Fsp3) is 0.875. The molecule has 0 aliphatic rings. The van der Waals surface area contributed by atoms with Gasteiger partial charge in [-0.25, -0.2) is 0 Å². The van der Waals surface area contributed by atoms with Crippen molar-refractivity contribution in [1.29, 1.82) is 0 Å². The second kappa shape index (κ2) is 8.11. The zero-order valence-corrected chi connectivity index (χ0v) is 8.28. The Bertz CT molecular complexity index is 94.1. The van der Waals surface area contributed by atoms with E-state index in [1.807, 2.05) is 0 Å². The molecule has 0 fully saturated rings. The van der Waals surface area contributed by atoms with Gasteiger partial charge in [0, 0.05) is 0 Å². The zero-order valence-electron chi connectivity index (χ0n) is 7.47. The number of hydrogen-bond acceptors (Lipinski definition) is 3. The average Bonchev–Trinajstić information content (AvgIpc) is 1.96. The smallest absolute Gasteiger partial charge is 0.000607 e. The Hall–Kier alpha value is 0.01000. The van der Waals surface area contributed by atoms with Crippen LogP contribution in [-0.4, -0.2) is 44.0 Å². The van der Waals surface area contributed by atoms with Gasteiger partial charge in [0.25, 0.3) is 0 Å². The molecule has 11 heavy (non-hydrogen) atoms. The second-order valence-corrected chi connectivity index (χ2v) is 3.20. The SMILES string of the molecule is CN(C)CCCNCCC=S. The Labute approximate surface area is 75.0 Å². The molecule has 0 saturated carbocycles. The Balaban J connectivity index is 2.85. The summed E-state index contributed by atoms with van der Waals surface area (Å²) in [6.07, 6.45) is 2.21. The van der Waals surface area contributed by atoms with Crippen molar-refractivity contribution in [1.82, 2.24) is 10.2 Å². The van der Waals surface area contributed by atoms with Crippen molar-refractivity contribution in [3.63, 3.8) is 0 Å². The summed E-state index contributed by atoms with van der Waals surface area (Å²) in [6.45, 7) is 3.28. The Morgan fingerprint density at radius 3 is 2.64 bits per heavy atom. The topological polar surface area (TPSA) is 15.3 Å². The quantitative estimate of drug-likeness (QED) is 0.456. The first kappa shape index (κ1) is 11.0. The van der Waals surface area contributed by atoms with Crippen LogP contribution >= 0.6 is 12.2 Å². The van der Waals surface area contributed by atoms with Crippen molar-refractivity contribution in [2.75, 3.05) is 33.7 Å². The summed E-state index contributed by atoms with van der Waals surface area (Å²) in [7, 11) is 4.19. The van der Waals surface area contributed by atoms with E-state index < -0.39 is 0 Å². The highest BCUT2D eigenvalue weighted by molar-refractivity contribution is 7.78. The van der Waals surface area contributed by atoms with E-state index in [1.54, 1.807) is 5.37 Å². The van der Waals surface area contributed by atoms with Gasteiger partial charge in [0.1, 0.15) is 0 Å². The van der Waals surface area contributed by atoms with Gasteiger partial charge in [0.2, 0.25) is 0 Å². The molecule has 0 aliphatic heterocycles. The largest absolute Gasteiger partial charge is 0.316 e. The van der Waals surface area contributed by atoms with Crippen molar-refractivity contribution >= 4 is 17.6 Å². The van der Waals surface area contributed by atoms with E-state index in [4.69, 9.17) is 12.2 Å². The number of nitrogens with one attached hydrogen (secondary N) is 1. The molecule has 0 atom stereocenters. The lowest BCUT2D eigenvalue weighted by Crippen LogP contribution is -2.22. The molecule has 2 nitrogen and oxygen atoms in total. The Kier molecular flexibility index (Phi) is 8.12. The first-order valence-corrected chi connectivity index (χ1v) is 4.53. The normalized spacial score (nSPS) is 10.5. The van der Waals surface area contributed by atoms with E-state index >= 15 is 0 Å². The average molecular weight is 174 g/mol. The van der Waals surface area contributed by atoms with Crippen molar-refractivity contribution in [2.24, 2.45) is 0 Å². The van der Waals surface area contributed by atoms with Crippen LogP contribution in [0.5, 0.6) is 0 Å². The molecule has 0 aliphatic carbocycles. The maximum absolute atomic E-state index is 4.70. The highest BCUT2D eigenvalue weighted by Crippen LogP contribution is 1.80. The van der Waals surface area contributed by atoms with E-state index in [1.165, 1.54) is 6.42 Å². The molecule has 0 aromatic carbocycles. The minimum absolute atomic E-state index is 0.997. The van der Waals surface area contributed by atoms with Gasteiger partial charge < -0.3 is 10.2 Å². The van der Waals surface area contributed by atoms with E-state index in [0.29, 0.717) is 0 Å². The predicted octanol–water partition coefficient (Wildman–Crippen LogP) is 0.918. The molecule has 0 unspecified atom stereocenters. The summed E-state index contributed by atoms with van der Waals surface area (Å²) >= 11 is 4.70. The molecule has 0 aromatic rings. The molecule has 0 amide bonds. The zero-order chi connectivity index (χ0) is 8.53. The van der Waals surface area contributed by atoms with Gasteiger partial charge in [0.05, 0.1) is 0 Å². The number of nitrogens with zero attached hydrogens (tertiary/aromatic N) is 1. The van der Waals surface area contributed by atoms with E-state index in [-0.39, 0.29) is 0 Å². The summed E-state index contributed by atoms with van der Waals surface area (Å²) < 4.78 is 0. The van der Waals surface area contributed by atoms with Crippen LogP contribution in [0.15, 0.2) is 0 Å². The Morgan fingerprint density at radius 1 is 1.36 bits per heavy atom. The van der Waals surface area contributed by atoms with Crippen LogP contribution in [0, 0.1) is 0 Å². The van der Waals surface area contributed by atoms with Gasteiger partial charge in [-0.2, -0.15) is 0 Å². The fourth-order valence-electron chi connectivity index (χ4n) is 0.806. The molecule has 0 spiro atoms. The van der Waals surface area contributed by atoms with Crippen LogP contribution in [0.2, 0.25) is 0 Å². The number of hydrogen-bond donors (Lipinski definition) is 1. The van der Waals surface area contributed by atoms with Crippen LogP contribution in [0.4, 0.5) is 0 Å². The molecule has 3 heteroatoms. The van der Waals surface area contributed by atoms with Crippen LogP contribution in [0.3, 0.4) is 0 Å². The van der Waals surface area contributed by atoms with Crippen LogP contribution in [0.1, 0.15) is 12.8 Å². The summed E-state index contributed by atoms with van der Waals surface area (Å²) in [5.41, 5.74) is 0. The van der Waals surface area contributed by atoms with Gasteiger partial charge in [0.15, 0.2) is 0 Å². The maximum Gasteiger partial charge on any atom is -0.000607 e. The number of rotatable bonds is 7. The van der Waals surface area contributed by atoms with E-state index in [2.05, 4.69) is 24.3 Å². The minimum atomic E-state index is 0.997. The molecule has 66 valence electrons. The molecule has 1 N–H and O–H groups in total. The third kappa shape index (κ3) is 10.0. The molecular formula is C8H18N2S.